The van der Waals surface area contributed by atoms with E-state index in [0.717, 1.165) is 13.1 Å². The molecule has 1 rings (SSSR count). The van der Waals surface area contributed by atoms with Crippen LogP contribution in [0.1, 0.15) is 12.8 Å². The van der Waals surface area contributed by atoms with E-state index in [1.807, 2.05) is 0 Å². The molecule has 0 aliphatic carbocycles. The Hall–Kier alpha value is -1.18. The van der Waals surface area contributed by atoms with Gasteiger partial charge in [0.2, 0.25) is 5.91 Å². The quantitative estimate of drug-likeness (QED) is 0.563. The van der Waals surface area contributed by atoms with Crippen molar-refractivity contribution in [1.82, 2.24) is 10.6 Å². The van der Waals surface area contributed by atoms with Crippen molar-refractivity contribution in [2.75, 3.05) is 40.5 Å². The molecule has 0 spiro atoms. The third-order valence-corrected chi connectivity index (χ3v) is 3.40. The van der Waals surface area contributed by atoms with E-state index in [-0.39, 0.29) is 12.5 Å². The molecular formula is C12H22N2O5. The number of hydrogen-bond donors (Lipinski definition) is 3. The second kappa shape index (κ2) is 7.42. The second-order valence-electron chi connectivity index (χ2n) is 4.78. The van der Waals surface area contributed by atoms with E-state index < -0.39 is 17.4 Å². The summed E-state index contributed by atoms with van der Waals surface area (Å²) in [5.41, 5.74) is -0.651. The molecule has 1 aliphatic rings. The van der Waals surface area contributed by atoms with Crippen molar-refractivity contribution >= 4 is 11.9 Å². The van der Waals surface area contributed by atoms with Crippen LogP contribution in [-0.2, 0) is 19.1 Å². The normalized spacial score (nSPS) is 19.7. The Kier molecular flexibility index (Phi) is 6.20. The largest absolute Gasteiger partial charge is 0.480 e. The molecule has 0 saturated carbocycles. The number of rotatable bonds is 7. The summed E-state index contributed by atoms with van der Waals surface area (Å²) in [5, 5.41) is 14.7. The predicted molar refractivity (Wildman–Crippen MR) is 67.9 cm³/mol. The van der Waals surface area contributed by atoms with Crippen molar-refractivity contribution in [1.29, 1.82) is 0 Å². The number of carbonyl (C=O) groups is 2. The van der Waals surface area contributed by atoms with E-state index in [0.29, 0.717) is 19.4 Å². The Labute approximate surface area is 112 Å². The molecule has 0 radical (unpaired) electrons. The van der Waals surface area contributed by atoms with E-state index >= 15 is 0 Å². The van der Waals surface area contributed by atoms with Gasteiger partial charge in [0.25, 0.3) is 0 Å². The monoisotopic (exact) mass is 274 g/mol. The van der Waals surface area contributed by atoms with Gasteiger partial charge in [0.05, 0.1) is 18.6 Å². The van der Waals surface area contributed by atoms with Crippen molar-refractivity contribution in [3.8, 4) is 0 Å². The van der Waals surface area contributed by atoms with E-state index in [1.165, 1.54) is 7.11 Å². The van der Waals surface area contributed by atoms with Crippen LogP contribution in [0.2, 0.25) is 0 Å². The predicted octanol–water partition coefficient (Wildman–Crippen LogP) is -0.782. The van der Waals surface area contributed by atoms with Crippen LogP contribution in [0.4, 0.5) is 0 Å². The lowest BCUT2D eigenvalue weighted by molar-refractivity contribution is -0.147. The molecule has 1 fully saturated rings. The summed E-state index contributed by atoms with van der Waals surface area (Å²) in [6, 6.07) is -1.03. The van der Waals surface area contributed by atoms with Gasteiger partial charge in [-0.3, -0.25) is 4.79 Å². The van der Waals surface area contributed by atoms with Gasteiger partial charge in [-0.1, -0.05) is 0 Å². The molecule has 1 unspecified atom stereocenters. The Morgan fingerprint density at radius 3 is 2.42 bits per heavy atom. The van der Waals surface area contributed by atoms with Gasteiger partial charge >= 0.3 is 5.97 Å². The molecule has 1 heterocycles. The topological polar surface area (TPSA) is 96.9 Å². The van der Waals surface area contributed by atoms with Gasteiger partial charge in [-0.2, -0.15) is 0 Å². The molecule has 7 nitrogen and oxygen atoms in total. The molecule has 1 atom stereocenters. The lowest BCUT2D eigenvalue weighted by atomic mass is 9.78. The van der Waals surface area contributed by atoms with E-state index in [1.54, 1.807) is 7.11 Å². The summed E-state index contributed by atoms with van der Waals surface area (Å²) in [4.78, 5) is 23.4. The first kappa shape index (κ1) is 15.9. The van der Waals surface area contributed by atoms with Crippen molar-refractivity contribution in [3.05, 3.63) is 0 Å². The van der Waals surface area contributed by atoms with Crippen LogP contribution in [-0.4, -0.2) is 63.5 Å². The van der Waals surface area contributed by atoms with E-state index in [9.17, 15) is 9.59 Å². The highest BCUT2D eigenvalue weighted by Gasteiger charge is 2.41. The lowest BCUT2D eigenvalue weighted by Gasteiger charge is -2.36. The van der Waals surface area contributed by atoms with E-state index in [2.05, 4.69) is 10.6 Å². The zero-order valence-electron chi connectivity index (χ0n) is 11.4. The minimum Gasteiger partial charge on any atom is -0.480 e. The van der Waals surface area contributed by atoms with Crippen LogP contribution in [0.25, 0.3) is 0 Å². The molecule has 0 aromatic carbocycles. The summed E-state index contributed by atoms with van der Waals surface area (Å²) in [7, 11) is 2.94. The fourth-order valence-electron chi connectivity index (χ4n) is 2.27. The molecule has 1 amide bonds. The van der Waals surface area contributed by atoms with Crippen molar-refractivity contribution in [2.24, 2.45) is 5.41 Å². The van der Waals surface area contributed by atoms with Gasteiger partial charge < -0.3 is 25.2 Å². The van der Waals surface area contributed by atoms with Gasteiger partial charge in [-0.15, -0.1) is 0 Å². The summed E-state index contributed by atoms with van der Waals surface area (Å²) >= 11 is 0. The summed E-state index contributed by atoms with van der Waals surface area (Å²) < 4.78 is 9.95. The number of aliphatic carboxylic acids is 1. The minimum absolute atomic E-state index is 0.0532. The maximum atomic E-state index is 12.4. The van der Waals surface area contributed by atoms with Crippen LogP contribution in [0.3, 0.4) is 0 Å². The van der Waals surface area contributed by atoms with Crippen LogP contribution in [0.5, 0.6) is 0 Å². The van der Waals surface area contributed by atoms with Gasteiger partial charge in [0.1, 0.15) is 0 Å². The molecule has 1 aliphatic heterocycles. The highest BCUT2D eigenvalue weighted by atomic mass is 16.5. The average molecular weight is 274 g/mol. The SMILES string of the molecule is COCC(NC(=O)C1(COC)CCNCC1)C(=O)O. The molecule has 1 saturated heterocycles. The minimum atomic E-state index is -1.10. The van der Waals surface area contributed by atoms with Crippen molar-refractivity contribution < 1.29 is 24.2 Å². The molecule has 7 heteroatoms. The van der Waals surface area contributed by atoms with Gasteiger partial charge in [-0.05, 0) is 25.9 Å². The Morgan fingerprint density at radius 1 is 1.32 bits per heavy atom. The van der Waals surface area contributed by atoms with Gasteiger partial charge in [-0.25, -0.2) is 4.79 Å². The molecule has 0 bridgehead atoms. The highest BCUT2D eigenvalue weighted by molar-refractivity contribution is 5.87. The molecule has 3 N–H and O–H groups in total. The number of nitrogens with one attached hydrogen (secondary N) is 2. The molecule has 0 aromatic rings. The highest BCUT2D eigenvalue weighted by Crippen LogP contribution is 2.29. The number of ether oxygens (including phenoxy) is 2. The van der Waals surface area contributed by atoms with E-state index in [4.69, 9.17) is 14.6 Å². The van der Waals surface area contributed by atoms with Crippen molar-refractivity contribution in [3.63, 3.8) is 0 Å². The fraction of sp³-hybridized carbons (Fsp3) is 0.833. The number of methoxy groups -OCH3 is 2. The van der Waals surface area contributed by atoms with Gasteiger partial charge in [0.15, 0.2) is 6.04 Å². The Balaban J connectivity index is 2.73. The third kappa shape index (κ3) is 4.15. The zero-order chi connectivity index (χ0) is 14.3. The summed E-state index contributed by atoms with van der Waals surface area (Å²) in [5.74, 6) is -1.38. The smallest absolute Gasteiger partial charge is 0.328 e. The molecule has 110 valence electrons. The Bertz CT molecular complexity index is 310. The first-order valence-electron chi connectivity index (χ1n) is 6.28. The number of hydrogen-bond acceptors (Lipinski definition) is 5. The maximum Gasteiger partial charge on any atom is 0.328 e. The standard InChI is InChI=1S/C12H22N2O5/c1-18-7-9(10(15)16)14-11(17)12(8-19-2)3-5-13-6-4-12/h9,13H,3-8H2,1-2H3,(H,14,17)(H,15,16). The summed E-state index contributed by atoms with van der Waals surface area (Å²) in [6.45, 7) is 1.68. The zero-order valence-corrected chi connectivity index (χ0v) is 11.4. The van der Waals surface area contributed by atoms with Crippen LogP contribution in [0.15, 0.2) is 0 Å². The lowest BCUT2D eigenvalue weighted by Crippen LogP contribution is -2.55. The fourth-order valence-corrected chi connectivity index (χ4v) is 2.27. The number of amides is 1. The molecule has 19 heavy (non-hydrogen) atoms. The average Bonchev–Trinajstić information content (AvgIpc) is 2.39. The number of carbonyl (C=O) groups excluding carboxylic acids is 1. The summed E-state index contributed by atoms with van der Waals surface area (Å²) in [6.07, 6.45) is 1.26. The molecular weight excluding hydrogens is 252 g/mol. The number of piperidine rings is 1. The molecule has 0 aromatic heterocycles. The third-order valence-electron chi connectivity index (χ3n) is 3.40. The first-order valence-corrected chi connectivity index (χ1v) is 6.28. The Morgan fingerprint density at radius 2 is 1.95 bits per heavy atom. The van der Waals surface area contributed by atoms with Gasteiger partial charge in [0, 0.05) is 14.2 Å². The van der Waals surface area contributed by atoms with Crippen LogP contribution >= 0.6 is 0 Å². The van der Waals surface area contributed by atoms with Crippen molar-refractivity contribution in [2.45, 2.75) is 18.9 Å². The number of carboxylic acids is 1. The second-order valence-corrected chi connectivity index (χ2v) is 4.78. The van der Waals surface area contributed by atoms with Crippen LogP contribution in [0, 0.1) is 5.41 Å². The van der Waals surface area contributed by atoms with Crippen LogP contribution < -0.4 is 10.6 Å². The number of carboxylic acid groups (broad SMARTS) is 1. The first-order chi connectivity index (χ1) is 9.05. The maximum absolute atomic E-state index is 12.4.